The van der Waals surface area contributed by atoms with E-state index in [1.54, 1.807) is 30.3 Å². The van der Waals surface area contributed by atoms with Gasteiger partial charge < -0.3 is 20.1 Å². The zero-order chi connectivity index (χ0) is 19.2. The summed E-state index contributed by atoms with van der Waals surface area (Å²) in [4.78, 5) is 36.5. The van der Waals surface area contributed by atoms with Crippen LogP contribution < -0.4 is 10.1 Å². The first-order valence-corrected chi connectivity index (χ1v) is 8.64. The summed E-state index contributed by atoms with van der Waals surface area (Å²) in [6.07, 6.45) is 0.493. The minimum absolute atomic E-state index is 0.0129. The molecule has 0 atom stereocenters. The summed E-state index contributed by atoms with van der Waals surface area (Å²) in [5.74, 6) is -0.656. The predicted octanol–water partition coefficient (Wildman–Crippen LogP) is 2.52. The number of rotatable bonds is 8. The number of aliphatic carboxylic acids is 1. The van der Waals surface area contributed by atoms with Crippen molar-refractivity contribution in [1.29, 1.82) is 0 Å². The van der Waals surface area contributed by atoms with Crippen molar-refractivity contribution in [2.75, 3.05) is 18.5 Å². The van der Waals surface area contributed by atoms with Crippen molar-refractivity contribution in [2.24, 2.45) is 0 Å². The van der Waals surface area contributed by atoms with E-state index in [0.717, 1.165) is 5.56 Å². The SMILES string of the molecule is O=C(O)CCCOc1ccc(NC(=O)CN2Cc3ccccc3C2=O)cc1. The van der Waals surface area contributed by atoms with Gasteiger partial charge in [0.2, 0.25) is 5.91 Å². The van der Waals surface area contributed by atoms with Crippen LogP contribution in [-0.4, -0.2) is 40.9 Å². The molecule has 0 saturated heterocycles. The average molecular weight is 368 g/mol. The van der Waals surface area contributed by atoms with Crippen LogP contribution in [0.3, 0.4) is 0 Å². The summed E-state index contributed by atoms with van der Waals surface area (Å²) >= 11 is 0. The number of nitrogens with one attached hydrogen (secondary N) is 1. The minimum atomic E-state index is -0.851. The van der Waals surface area contributed by atoms with Crippen molar-refractivity contribution in [3.63, 3.8) is 0 Å². The number of benzene rings is 2. The van der Waals surface area contributed by atoms with Gasteiger partial charge in [-0.3, -0.25) is 14.4 Å². The van der Waals surface area contributed by atoms with Crippen LogP contribution in [0.25, 0.3) is 0 Å². The molecule has 27 heavy (non-hydrogen) atoms. The smallest absolute Gasteiger partial charge is 0.303 e. The van der Waals surface area contributed by atoms with Crippen LogP contribution in [0, 0.1) is 0 Å². The molecule has 0 aliphatic carbocycles. The number of carbonyl (C=O) groups is 3. The Hall–Kier alpha value is -3.35. The molecule has 7 nitrogen and oxygen atoms in total. The van der Waals surface area contributed by atoms with Gasteiger partial charge in [0.25, 0.3) is 5.91 Å². The molecule has 1 aliphatic rings. The van der Waals surface area contributed by atoms with Crippen LogP contribution in [0.15, 0.2) is 48.5 Å². The molecule has 2 N–H and O–H groups in total. The van der Waals surface area contributed by atoms with E-state index in [0.29, 0.717) is 36.6 Å². The maximum atomic E-state index is 12.3. The quantitative estimate of drug-likeness (QED) is 0.698. The number of anilines is 1. The fourth-order valence-electron chi connectivity index (χ4n) is 2.86. The normalized spacial score (nSPS) is 12.6. The predicted molar refractivity (Wildman–Crippen MR) is 98.6 cm³/mol. The van der Waals surface area contributed by atoms with E-state index in [-0.39, 0.29) is 24.8 Å². The Kier molecular flexibility index (Phi) is 5.71. The first-order chi connectivity index (χ1) is 13.0. The number of ether oxygens (including phenoxy) is 1. The molecule has 1 heterocycles. The first kappa shape index (κ1) is 18.4. The van der Waals surface area contributed by atoms with Gasteiger partial charge in [0.05, 0.1) is 6.61 Å². The molecule has 0 aromatic heterocycles. The molecule has 0 fully saturated rings. The molecule has 0 saturated carbocycles. The standard InChI is InChI=1S/C20H20N2O5/c23-18(13-22-12-14-4-1-2-5-17(14)20(22)26)21-15-7-9-16(10-8-15)27-11-3-6-19(24)25/h1-2,4-5,7-10H,3,6,11-13H2,(H,21,23)(H,24,25). The number of carboxylic acids is 1. The van der Waals surface area contributed by atoms with Crippen LogP contribution in [0.2, 0.25) is 0 Å². The Balaban J connectivity index is 1.47. The van der Waals surface area contributed by atoms with Crippen molar-refractivity contribution in [3.8, 4) is 5.75 Å². The number of hydrogen-bond acceptors (Lipinski definition) is 4. The number of carbonyl (C=O) groups excluding carboxylic acids is 2. The van der Waals surface area contributed by atoms with Gasteiger partial charge in [-0.1, -0.05) is 18.2 Å². The third kappa shape index (κ3) is 4.84. The van der Waals surface area contributed by atoms with Crippen molar-refractivity contribution in [1.82, 2.24) is 4.90 Å². The molecule has 0 unspecified atom stereocenters. The Morgan fingerprint density at radius 1 is 1.11 bits per heavy atom. The highest BCUT2D eigenvalue weighted by molar-refractivity contribution is 6.02. The summed E-state index contributed by atoms with van der Waals surface area (Å²) in [5.41, 5.74) is 2.18. The van der Waals surface area contributed by atoms with E-state index < -0.39 is 5.97 Å². The maximum Gasteiger partial charge on any atom is 0.303 e. The molecule has 3 rings (SSSR count). The van der Waals surface area contributed by atoms with Crippen LogP contribution in [0.5, 0.6) is 5.75 Å². The second-order valence-corrected chi connectivity index (χ2v) is 6.24. The molecular weight excluding hydrogens is 348 g/mol. The number of nitrogens with zero attached hydrogens (tertiary/aromatic N) is 1. The number of hydrogen-bond donors (Lipinski definition) is 2. The fraction of sp³-hybridized carbons (Fsp3) is 0.250. The lowest BCUT2D eigenvalue weighted by Crippen LogP contribution is -2.33. The summed E-state index contributed by atoms with van der Waals surface area (Å²) in [6, 6.07) is 14.1. The van der Waals surface area contributed by atoms with Gasteiger partial charge in [0, 0.05) is 24.2 Å². The summed E-state index contributed by atoms with van der Waals surface area (Å²) in [5, 5.41) is 11.3. The van der Waals surface area contributed by atoms with Crippen LogP contribution >= 0.6 is 0 Å². The monoisotopic (exact) mass is 368 g/mol. The first-order valence-electron chi connectivity index (χ1n) is 8.64. The Labute approximate surface area is 156 Å². The third-order valence-electron chi connectivity index (χ3n) is 4.17. The highest BCUT2D eigenvalue weighted by atomic mass is 16.5. The van der Waals surface area contributed by atoms with E-state index >= 15 is 0 Å². The van der Waals surface area contributed by atoms with E-state index in [2.05, 4.69) is 5.32 Å². The topological polar surface area (TPSA) is 95.9 Å². The summed E-state index contributed by atoms with van der Waals surface area (Å²) in [6.45, 7) is 0.738. The van der Waals surface area contributed by atoms with Gasteiger partial charge in [-0.05, 0) is 42.3 Å². The van der Waals surface area contributed by atoms with E-state index in [9.17, 15) is 14.4 Å². The van der Waals surface area contributed by atoms with E-state index in [1.165, 1.54) is 4.90 Å². The van der Waals surface area contributed by atoms with Crippen LogP contribution in [0.1, 0.15) is 28.8 Å². The van der Waals surface area contributed by atoms with Crippen molar-refractivity contribution in [2.45, 2.75) is 19.4 Å². The Bertz CT molecular complexity index is 848. The molecule has 0 spiro atoms. The largest absolute Gasteiger partial charge is 0.494 e. The molecule has 2 aromatic carbocycles. The number of amides is 2. The van der Waals surface area contributed by atoms with Gasteiger partial charge in [-0.15, -0.1) is 0 Å². The summed E-state index contributed by atoms with van der Waals surface area (Å²) < 4.78 is 5.44. The van der Waals surface area contributed by atoms with Crippen molar-refractivity contribution in [3.05, 3.63) is 59.7 Å². The fourth-order valence-corrected chi connectivity index (χ4v) is 2.86. The number of fused-ring (bicyclic) bond motifs is 1. The van der Waals surface area contributed by atoms with Crippen molar-refractivity contribution < 1.29 is 24.2 Å². The molecule has 1 aliphatic heterocycles. The van der Waals surface area contributed by atoms with E-state index in [4.69, 9.17) is 9.84 Å². The maximum absolute atomic E-state index is 12.3. The zero-order valence-electron chi connectivity index (χ0n) is 14.7. The van der Waals surface area contributed by atoms with Gasteiger partial charge >= 0.3 is 5.97 Å². The minimum Gasteiger partial charge on any atom is -0.494 e. The highest BCUT2D eigenvalue weighted by Crippen LogP contribution is 2.22. The summed E-state index contributed by atoms with van der Waals surface area (Å²) in [7, 11) is 0. The van der Waals surface area contributed by atoms with Crippen LogP contribution in [0.4, 0.5) is 5.69 Å². The van der Waals surface area contributed by atoms with Gasteiger partial charge in [0.1, 0.15) is 12.3 Å². The van der Waals surface area contributed by atoms with Gasteiger partial charge in [-0.2, -0.15) is 0 Å². The van der Waals surface area contributed by atoms with E-state index in [1.807, 2.05) is 18.2 Å². The lowest BCUT2D eigenvalue weighted by molar-refractivity contribution is -0.137. The molecule has 7 heteroatoms. The zero-order valence-corrected chi connectivity index (χ0v) is 14.7. The Morgan fingerprint density at radius 3 is 2.56 bits per heavy atom. The molecule has 140 valence electrons. The number of carboxylic acid groups (broad SMARTS) is 1. The second-order valence-electron chi connectivity index (χ2n) is 6.24. The van der Waals surface area contributed by atoms with Gasteiger partial charge in [-0.25, -0.2) is 0 Å². The van der Waals surface area contributed by atoms with Crippen molar-refractivity contribution >= 4 is 23.5 Å². The molecule has 2 aromatic rings. The average Bonchev–Trinajstić information content (AvgIpc) is 2.96. The lowest BCUT2D eigenvalue weighted by Gasteiger charge is -2.15. The molecule has 2 amide bonds. The molecule has 0 radical (unpaired) electrons. The van der Waals surface area contributed by atoms with Crippen LogP contribution in [-0.2, 0) is 16.1 Å². The third-order valence-corrected chi connectivity index (χ3v) is 4.17. The second kappa shape index (κ2) is 8.35. The van der Waals surface area contributed by atoms with Gasteiger partial charge in [0.15, 0.2) is 0 Å². The highest BCUT2D eigenvalue weighted by Gasteiger charge is 2.28. The molecule has 0 bridgehead atoms. The Morgan fingerprint density at radius 2 is 1.85 bits per heavy atom. The molecular formula is C20H20N2O5. The lowest BCUT2D eigenvalue weighted by atomic mass is 10.1.